The highest BCUT2D eigenvalue weighted by atomic mass is 28.4. The van der Waals surface area contributed by atoms with Gasteiger partial charge in [-0.3, -0.25) is 9.59 Å². The summed E-state index contributed by atoms with van der Waals surface area (Å²) in [6.07, 6.45) is 14.5. The van der Waals surface area contributed by atoms with Crippen molar-refractivity contribution in [3.8, 4) is 0 Å². The van der Waals surface area contributed by atoms with E-state index in [0.29, 0.717) is 36.9 Å². The number of nitrogens with zero attached hydrogens (tertiary/aromatic N) is 4. The summed E-state index contributed by atoms with van der Waals surface area (Å²) in [7, 11) is 0.186. The molecule has 6 rings (SSSR count). The number of benzene rings is 1. The number of carbonyl (C=O) groups excluding carboxylic acids is 2. The Morgan fingerprint density at radius 1 is 0.977 bits per heavy atom. The monoisotopic (exact) mass is 606 g/mol. The highest BCUT2D eigenvalue weighted by Crippen LogP contribution is 2.43. The summed E-state index contributed by atoms with van der Waals surface area (Å²) < 4.78 is 8.68. The zero-order valence-corrected chi connectivity index (χ0v) is 28.6. The standard InChI is InChI=1S/C35H54N4O3Si/c1-35(2,3)43(5,6)42-29-16-14-28(15-17-29)39-19-18-38(23-31(39)40)34(41)33-36-32-27(20-24-10-8-7-9-11-24)21-26(25-12-13-25)22-30(32)37(33)4/h21-22,24-25,28-29H,7-20,23H2,1-6H3. The smallest absolute Gasteiger partial charge is 0.290 e. The molecule has 3 saturated carbocycles. The lowest BCUT2D eigenvalue weighted by Gasteiger charge is -2.44. The fourth-order valence-corrected chi connectivity index (χ4v) is 8.96. The normalized spacial score (nSPS) is 24.7. The zero-order chi connectivity index (χ0) is 30.5. The third-order valence-corrected chi connectivity index (χ3v) is 16.0. The Labute approximate surface area is 259 Å². The number of amides is 2. The van der Waals surface area contributed by atoms with Gasteiger partial charge >= 0.3 is 0 Å². The Hall–Kier alpha value is -2.19. The molecule has 1 aromatic heterocycles. The van der Waals surface area contributed by atoms with E-state index in [0.717, 1.165) is 43.1 Å². The highest BCUT2D eigenvalue weighted by Gasteiger charge is 2.41. The molecular weight excluding hydrogens is 552 g/mol. The molecule has 2 heterocycles. The van der Waals surface area contributed by atoms with Crippen molar-refractivity contribution in [2.24, 2.45) is 13.0 Å². The molecule has 43 heavy (non-hydrogen) atoms. The molecule has 0 spiro atoms. The average Bonchev–Trinajstić information content (AvgIpc) is 3.76. The van der Waals surface area contributed by atoms with Gasteiger partial charge in [0.15, 0.2) is 14.1 Å². The van der Waals surface area contributed by atoms with Crippen molar-refractivity contribution in [2.45, 2.75) is 134 Å². The van der Waals surface area contributed by atoms with E-state index in [9.17, 15) is 9.59 Å². The summed E-state index contributed by atoms with van der Waals surface area (Å²) >= 11 is 0. The van der Waals surface area contributed by atoms with Crippen LogP contribution < -0.4 is 0 Å². The molecule has 236 valence electrons. The summed E-state index contributed by atoms with van der Waals surface area (Å²) in [6, 6.07) is 4.92. The van der Waals surface area contributed by atoms with Crippen molar-refractivity contribution in [1.82, 2.24) is 19.4 Å². The first kappa shape index (κ1) is 30.8. The van der Waals surface area contributed by atoms with Crippen LogP contribution in [0.5, 0.6) is 0 Å². The van der Waals surface area contributed by atoms with Crippen LogP contribution in [0.15, 0.2) is 12.1 Å². The lowest BCUT2D eigenvalue weighted by molar-refractivity contribution is -0.138. The minimum atomic E-state index is -1.79. The number of aromatic nitrogens is 2. The lowest BCUT2D eigenvalue weighted by atomic mass is 9.84. The second-order valence-corrected chi connectivity index (χ2v) is 20.4. The van der Waals surface area contributed by atoms with Crippen LogP contribution >= 0.6 is 0 Å². The van der Waals surface area contributed by atoms with Gasteiger partial charge in [-0.2, -0.15) is 0 Å². The molecule has 4 fully saturated rings. The van der Waals surface area contributed by atoms with Gasteiger partial charge in [0.05, 0.1) is 11.0 Å². The van der Waals surface area contributed by atoms with Gasteiger partial charge in [-0.25, -0.2) is 4.98 Å². The number of hydrogen-bond acceptors (Lipinski definition) is 4. The van der Waals surface area contributed by atoms with Crippen LogP contribution in [0, 0.1) is 5.92 Å². The highest BCUT2D eigenvalue weighted by molar-refractivity contribution is 6.74. The fourth-order valence-electron chi connectivity index (χ4n) is 7.54. The Balaban J connectivity index is 1.12. The molecule has 1 saturated heterocycles. The summed E-state index contributed by atoms with van der Waals surface area (Å²) in [5, 5.41) is 0.207. The predicted octanol–water partition coefficient (Wildman–Crippen LogP) is 7.19. The van der Waals surface area contributed by atoms with Crippen molar-refractivity contribution < 1.29 is 14.0 Å². The first-order valence-corrected chi connectivity index (χ1v) is 20.1. The van der Waals surface area contributed by atoms with E-state index in [4.69, 9.17) is 9.41 Å². The molecule has 1 aromatic carbocycles. The fraction of sp³-hybridized carbons (Fsp3) is 0.743. The van der Waals surface area contributed by atoms with Gasteiger partial charge in [-0.1, -0.05) is 58.9 Å². The van der Waals surface area contributed by atoms with Crippen LogP contribution in [-0.4, -0.2) is 71.3 Å². The molecule has 4 aliphatic rings. The number of fused-ring (bicyclic) bond motifs is 1. The molecule has 3 aliphatic carbocycles. The summed E-state index contributed by atoms with van der Waals surface area (Å²) in [5.41, 5.74) is 4.78. The summed E-state index contributed by atoms with van der Waals surface area (Å²) in [4.78, 5) is 36.1. The number of rotatable bonds is 7. The van der Waals surface area contributed by atoms with E-state index in [1.54, 1.807) is 4.90 Å². The van der Waals surface area contributed by atoms with Crippen molar-refractivity contribution in [1.29, 1.82) is 0 Å². The third-order valence-electron chi connectivity index (χ3n) is 11.5. The van der Waals surface area contributed by atoms with Crippen LogP contribution in [0.25, 0.3) is 11.0 Å². The van der Waals surface area contributed by atoms with Crippen LogP contribution in [0.1, 0.15) is 119 Å². The topological polar surface area (TPSA) is 67.7 Å². The predicted molar refractivity (Wildman–Crippen MR) is 175 cm³/mol. The first-order chi connectivity index (χ1) is 20.4. The van der Waals surface area contributed by atoms with Gasteiger partial charge < -0.3 is 18.8 Å². The van der Waals surface area contributed by atoms with Gasteiger partial charge in [0.1, 0.15) is 6.54 Å². The Kier molecular flexibility index (Phi) is 8.57. The van der Waals surface area contributed by atoms with Crippen molar-refractivity contribution in [3.63, 3.8) is 0 Å². The van der Waals surface area contributed by atoms with Crippen molar-refractivity contribution in [2.75, 3.05) is 19.6 Å². The summed E-state index contributed by atoms with van der Waals surface area (Å²) in [6.45, 7) is 12.8. The van der Waals surface area contributed by atoms with E-state index in [2.05, 4.69) is 46.0 Å². The molecule has 1 aliphatic heterocycles. The maximum atomic E-state index is 13.9. The average molecular weight is 607 g/mol. The van der Waals surface area contributed by atoms with Gasteiger partial charge in [0.2, 0.25) is 5.91 Å². The maximum absolute atomic E-state index is 13.9. The van der Waals surface area contributed by atoms with Crippen LogP contribution in [0.2, 0.25) is 18.1 Å². The minimum Gasteiger partial charge on any atom is -0.414 e. The SMILES string of the molecule is Cn1c(C(=O)N2CCN(C3CCC(O[Si](C)(C)C(C)(C)C)CC3)C(=O)C2)nc2c(CC3CCCCC3)cc(C3CC3)cc21. The number of piperazine rings is 1. The van der Waals surface area contributed by atoms with Gasteiger partial charge in [-0.15, -0.1) is 0 Å². The minimum absolute atomic E-state index is 0.0705. The quantitative estimate of drug-likeness (QED) is 0.313. The first-order valence-electron chi connectivity index (χ1n) is 17.2. The molecule has 0 unspecified atom stereocenters. The van der Waals surface area contributed by atoms with Crippen LogP contribution in [0.4, 0.5) is 0 Å². The second kappa shape index (κ2) is 12.0. The lowest BCUT2D eigenvalue weighted by Crippen LogP contribution is -2.56. The molecule has 8 heteroatoms. The van der Waals surface area contributed by atoms with E-state index in [-0.39, 0.29) is 29.4 Å². The number of imidazole rings is 1. The largest absolute Gasteiger partial charge is 0.414 e. The van der Waals surface area contributed by atoms with E-state index < -0.39 is 8.32 Å². The molecule has 0 N–H and O–H groups in total. The number of hydrogen-bond donors (Lipinski definition) is 0. The zero-order valence-electron chi connectivity index (χ0n) is 27.6. The van der Waals surface area contributed by atoms with Gasteiger partial charge in [0, 0.05) is 32.3 Å². The molecule has 0 atom stereocenters. The van der Waals surface area contributed by atoms with Crippen LogP contribution in [0.3, 0.4) is 0 Å². The van der Waals surface area contributed by atoms with E-state index in [1.807, 2.05) is 16.5 Å². The number of aryl methyl sites for hydroxylation is 1. The second-order valence-electron chi connectivity index (χ2n) is 15.6. The molecule has 0 radical (unpaired) electrons. The Bertz CT molecular complexity index is 1340. The van der Waals surface area contributed by atoms with Crippen molar-refractivity contribution in [3.05, 3.63) is 29.1 Å². The van der Waals surface area contributed by atoms with Crippen molar-refractivity contribution >= 4 is 31.2 Å². The van der Waals surface area contributed by atoms with Gasteiger partial charge in [-0.05, 0) is 92.1 Å². The Morgan fingerprint density at radius 3 is 2.30 bits per heavy atom. The maximum Gasteiger partial charge on any atom is 0.290 e. The molecule has 2 aromatic rings. The molecule has 7 nitrogen and oxygen atoms in total. The summed E-state index contributed by atoms with van der Waals surface area (Å²) in [5.74, 6) is 1.79. The molecule has 0 bridgehead atoms. The number of carbonyl (C=O) groups is 2. The Morgan fingerprint density at radius 2 is 1.67 bits per heavy atom. The molecular formula is C35H54N4O3Si. The molecule has 2 amide bonds. The van der Waals surface area contributed by atoms with E-state index >= 15 is 0 Å². The third kappa shape index (κ3) is 6.47. The van der Waals surface area contributed by atoms with Crippen LogP contribution in [-0.2, 0) is 22.7 Å². The van der Waals surface area contributed by atoms with E-state index in [1.165, 1.54) is 56.1 Å². The van der Waals surface area contributed by atoms with Gasteiger partial charge in [0.25, 0.3) is 5.91 Å².